The van der Waals surface area contributed by atoms with Gasteiger partial charge in [-0.2, -0.15) is 5.26 Å². The van der Waals surface area contributed by atoms with Crippen LogP contribution in [0.1, 0.15) is 22.8 Å². The SMILES string of the molecule is CCNC(=O)c1ccccc1-c1ccccc1C#N. The highest BCUT2D eigenvalue weighted by molar-refractivity contribution is 6.01. The molecule has 0 bridgehead atoms. The number of nitrogens with zero attached hydrogens (tertiary/aromatic N) is 1. The summed E-state index contributed by atoms with van der Waals surface area (Å²) in [6.45, 7) is 2.46. The quantitative estimate of drug-likeness (QED) is 0.910. The van der Waals surface area contributed by atoms with Crippen molar-refractivity contribution in [3.05, 3.63) is 59.7 Å². The smallest absolute Gasteiger partial charge is 0.251 e. The highest BCUT2D eigenvalue weighted by atomic mass is 16.1. The number of amides is 1. The van der Waals surface area contributed by atoms with Crippen LogP contribution >= 0.6 is 0 Å². The van der Waals surface area contributed by atoms with Gasteiger partial charge >= 0.3 is 0 Å². The Morgan fingerprint density at radius 2 is 1.74 bits per heavy atom. The second-order valence-corrected chi connectivity index (χ2v) is 4.06. The molecule has 0 aliphatic heterocycles. The van der Waals surface area contributed by atoms with Crippen LogP contribution in [0.25, 0.3) is 11.1 Å². The molecule has 0 atom stereocenters. The predicted octanol–water partition coefficient (Wildman–Crippen LogP) is 2.97. The lowest BCUT2D eigenvalue weighted by Crippen LogP contribution is -2.23. The number of benzene rings is 2. The molecule has 2 aromatic carbocycles. The number of nitriles is 1. The molecule has 0 aromatic heterocycles. The fourth-order valence-electron chi connectivity index (χ4n) is 1.99. The molecule has 0 fully saturated rings. The van der Waals surface area contributed by atoms with Gasteiger partial charge in [-0.25, -0.2) is 0 Å². The fourth-order valence-corrected chi connectivity index (χ4v) is 1.99. The van der Waals surface area contributed by atoms with Crippen LogP contribution < -0.4 is 5.32 Å². The first kappa shape index (κ1) is 12.8. The average Bonchev–Trinajstić information content (AvgIpc) is 2.47. The van der Waals surface area contributed by atoms with E-state index < -0.39 is 0 Å². The van der Waals surface area contributed by atoms with Crippen molar-refractivity contribution in [3.8, 4) is 17.2 Å². The maximum Gasteiger partial charge on any atom is 0.251 e. The summed E-state index contributed by atoms with van der Waals surface area (Å²) >= 11 is 0. The molecule has 0 spiro atoms. The number of carbonyl (C=O) groups is 1. The Balaban J connectivity index is 2.57. The second-order valence-electron chi connectivity index (χ2n) is 4.06. The topological polar surface area (TPSA) is 52.9 Å². The van der Waals surface area contributed by atoms with E-state index in [9.17, 15) is 4.79 Å². The first-order valence-electron chi connectivity index (χ1n) is 6.14. The highest BCUT2D eigenvalue weighted by Gasteiger charge is 2.13. The van der Waals surface area contributed by atoms with Crippen molar-refractivity contribution in [2.45, 2.75) is 6.92 Å². The molecule has 2 aromatic rings. The summed E-state index contributed by atoms with van der Waals surface area (Å²) in [6.07, 6.45) is 0. The Morgan fingerprint density at radius 1 is 1.11 bits per heavy atom. The minimum Gasteiger partial charge on any atom is -0.352 e. The average molecular weight is 250 g/mol. The molecule has 1 amide bonds. The first-order valence-corrected chi connectivity index (χ1v) is 6.14. The van der Waals surface area contributed by atoms with E-state index in [1.165, 1.54) is 0 Å². The van der Waals surface area contributed by atoms with E-state index in [1.807, 2.05) is 43.3 Å². The summed E-state index contributed by atoms with van der Waals surface area (Å²) < 4.78 is 0. The van der Waals surface area contributed by atoms with E-state index in [1.54, 1.807) is 12.1 Å². The molecular formula is C16H14N2O. The molecule has 3 nitrogen and oxygen atoms in total. The molecule has 0 saturated carbocycles. The summed E-state index contributed by atoms with van der Waals surface area (Å²) in [5, 5.41) is 11.9. The molecule has 19 heavy (non-hydrogen) atoms. The van der Waals surface area contributed by atoms with Crippen molar-refractivity contribution < 1.29 is 4.79 Å². The number of carbonyl (C=O) groups excluding carboxylic acids is 1. The number of nitrogens with one attached hydrogen (secondary N) is 1. The van der Waals surface area contributed by atoms with E-state index in [0.29, 0.717) is 17.7 Å². The van der Waals surface area contributed by atoms with Gasteiger partial charge in [0.1, 0.15) is 0 Å². The minimum absolute atomic E-state index is 0.120. The van der Waals surface area contributed by atoms with Crippen LogP contribution in [0, 0.1) is 11.3 Å². The van der Waals surface area contributed by atoms with Crippen LogP contribution in [0.2, 0.25) is 0 Å². The van der Waals surface area contributed by atoms with Crippen molar-refractivity contribution >= 4 is 5.91 Å². The second kappa shape index (κ2) is 5.83. The zero-order valence-corrected chi connectivity index (χ0v) is 10.7. The number of hydrogen-bond acceptors (Lipinski definition) is 2. The van der Waals surface area contributed by atoms with E-state index in [-0.39, 0.29) is 5.91 Å². The molecule has 0 saturated heterocycles. The standard InChI is InChI=1S/C16H14N2O/c1-2-18-16(19)15-10-6-5-9-14(15)13-8-4-3-7-12(13)11-17/h3-10H,2H2,1H3,(H,18,19). The Bertz CT molecular complexity index is 641. The molecule has 0 radical (unpaired) electrons. The maximum atomic E-state index is 12.0. The summed E-state index contributed by atoms with van der Waals surface area (Å²) in [5.41, 5.74) is 2.73. The van der Waals surface area contributed by atoms with Gasteiger partial charge < -0.3 is 5.32 Å². The third kappa shape index (κ3) is 2.63. The summed E-state index contributed by atoms with van der Waals surface area (Å²) in [7, 11) is 0. The van der Waals surface area contributed by atoms with Gasteiger partial charge in [-0.15, -0.1) is 0 Å². The summed E-state index contributed by atoms with van der Waals surface area (Å²) in [5.74, 6) is -0.120. The lowest BCUT2D eigenvalue weighted by atomic mass is 9.95. The van der Waals surface area contributed by atoms with Crippen molar-refractivity contribution in [2.24, 2.45) is 0 Å². The molecule has 0 aliphatic carbocycles. The van der Waals surface area contributed by atoms with E-state index in [0.717, 1.165) is 11.1 Å². The predicted molar refractivity (Wildman–Crippen MR) is 74.6 cm³/mol. The zero-order valence-electron chi connectivity index (χ0n) is 10.7. The van der Waals surface area contributed by atoms with Gasteiger partial charge in [0, 0.05) is 17.7 Å². The van der Waals surface area contributed by atoms with E-state index in [4.69, 9.17) is 5.26 Å². The summed E-state index contributed by atoms with van der Waals surface area (Å²) in [4.78, 5) is 12.0. The Hall–Kier alpha value is -2.60. The lowest BCUT2D eigenvalue weighted by Gasteiger charge is -2.10. The Kier molecular flexibility index (Phi) is 3.94. The first-order chi connectivity index (χ1) is 9.27. The van der Waals surface area contributed by atoms with Crippen LogP contribution in [0.3, 0.4) is 0 Å². The van der Waals surface area contributed by atoms with Crippen LogP contribution in [-0.2, 0) is 0 Å². The third-order valence-electron chi connectivity index (χ3n) is 2.85. The fraction of sp³-hybridized carbons (Fsp3) is 0.125. The van der Waals surface area contributed by atoms with Gasteiger partial charge in [0.05, 0.1) is 11.6 Å². The van der Waals surface area contributed by atoms with Crippen molar-refractivity contribution in [2.75, 3.05) is 6.54 Å². The maximum absolute atomic E-state index is 12.0. The van der Waals surface area contributed by atoms with Gasteiger partial charge in [-0.1, -0.05) is 36.4 Å². The molecule has 3 heteroatoms. The Morgan fingerprint density at radius 3 is 2.42 bits per heavy atom. The molecule has 0 unspecified atom stereocenters. The summed E-state index contributed by atoms with van der Waals surface area (Å²) in [6, 6.07) is 16.8. The van der Waals surface area contributed by atoms with Crippen molar-refractivity contribution in [1.82, 2.24) is 5.32 Å². The molecule has 94 valence electrons. The van der Waals surface area contributed by atoms with Gasteiger partial charge in [-0.05, 0) is 24.6 Å². The molecule has 0 heterocycles. The molecular weight excluding hydrogens is 236 g/mol. The van der Waals surface area contributed by atoms with Gasteiger partial charge in [0.25, 0.3) is 5.91 Å². The van der Waals surface area contributed by atoms with Gasteiger partial charge in [-0.3, -0.25) is 4.79 Å². The molecule has 2 rings (SSSR count). The van der Waals surface area contributed by atoms with Crippen LogP contribution in [0.15, 0.2) is 48.5 Å². The molecule has 0 aliphatic rings. The van der Waals surface area contributed by atoms with Crippen LogP contribution in [0.4, 0.5) is 0 Å². The number of hydrogen-bond donors (Lipinski definition) is 1. The van der Waals surface area contributed by atoms with Gasteiger partial charge in [0.2, 0.25) is 0 Å². The highest BCUT2D eigenvalue weighted by Crippen LogP contribution is 2.26. The monoisotopic (exact) mass is 250 g/mol. The van der Waals surface area contributed by atoms with E-state index >= 15 is 0 Å². The lowest BCUT2D eigenvalue weighted by molar-refractivity contribution is 0.0956. The third-order valence-corrected chi connectivity index (χ3v) is 2.85. The number of rotatable bonds is 3. The molecule has 1 N–H and O–H groups in total. The zero-order chi connectivity index (χ0) is 13.7. The minimum atomic E-state index is -0.120. The van der Waals surface area contributed by atoms with Gasteiger partial charge in [0.15, 0.2) is 0 Å². The van der Waals surface area contributed by atoms with Crippen LogP contribution in [-0.4, -0.2) is 12.5 Å². The largest absolute Gasteiger partial charge is 0.352 e. The van der Waals surface area contributed by atoms with Crippen LogP contribution in [0.5, 0.6) is 0 Å². The van der Waals surface area contributed by atoms with E-state index in [2.05, 4.69) is 11.4 Å². The Labute approximate surface area is 112 Å². The van der Waals surface area contributed by atoms with Crippen molar-refractivity contribution in [3.63, 3.8) is 0 Å². The normalized spacial score (nSPS) is 9.68. The van der Waals surface area contributed by atoms with Crippen molar-refractivity contribution in [1.29, 1.82) is 5.26 Å².